The van der Waals surface area contributed by atoms with Crippen LogP contribution in [-0.4, -0.2) is 43.2 Å². The summed E-state index contributed by atoms with van der Waals surface area (Å²) in [5, 5.41) is 0.783. The van der Waals surface area contributed by atoms with Gasteiger partial charge in [0.1, 0.15) is 0 Å². The summed E-state index contributed by atoms with van der Waals surface area (Å²) >= 11 is 6.21. The highest BCUT2D eigenvalue weighted by molar-refractivity contribution is 6.30. The number of esters is 1. The maximum atomic E-state index is 12.1. The SMILES string of the molecule is CCOC(=O)C1CCCN([C@H]2CC[C@](CN)(c3cccc(Cl)c3)CC2)C1. The molecule has 5 heteroatoms. The standard InChI is InChI=1S/C21H31ClN2O2/c1-2-26-20(25)16-5-4-12-24(14-16)19-8-10-21(15-23,11-9-19)17-6-3-7-18(22)13-17/h3,6-7,13,16,19H,2,4-5,8-12,14-15,23H2,1H3/t16?,19-,21-. The summed E-state index contributed by atoms with van der Waals surface area (Å²) in [7, 11) is 0. The van der Waals surface area contributed by atoms with E-state index in [0.29, 0.717) is 19.2 Å². The summed E-state index contributed by atoms with van der Waals surface area (Å²) in [4.78, 5) is 14.6. The molecule has 2 aliphatic rings. The van der Waals surface area contributed by atoms with Crippen molar-refractivity contribution in [1.29, 1.82) is 0 Å². The van der Waals surface area contributed by atoms with E-state index in [2.05, 4.69) is 17.0 Å². The van der Waals surface area contributed by atoms with Gasteiger partial charge in [0, 0.05) is 29.6 Å². The van der Waals surface area contributed by atoms with Crippen LogP contribution in [0.4, 0.5) is 0 Å². The summed E-state index contributed by atoms with van der Waals surface area (Å²) in [6, 6.07) is 8.73. The first-order valence-corrected chi connectivity index (χ1v) is 10.3. The van der Waals surface area contributed by atoms with Gasteiger partial charge >= 0.3 is 5.97 Å². The van der Waals surface area contributed by atoms with Crippen LogP contribution < -0.4 is 5.73 Å². The van der Waals surface area contributed by atoms with Crippen molar-refractivity contribution in [3.8, 4) is 0 Å². The number of nitrogens with two attached hydrogens (primary N) is 1. The molecule has 4 nitrogen and oxygen atoms in total. The zero-order valence-corrected chi connectivity index (χ0v) is 16.5. The summed E-state index contributed by atoms with van der Waals surface area (Å²) in [5.74, 6) is 0.0149. The highest BCUT2D eigenvalue weighted by Gasteiger charge is 2.39. The number of likely N-dealkylation sites (tertiary alicyclic amines) is 1. The fourth-order valence-electron chi connectivity index (χ4n) is 4.74. The predicted octanol–water partition coefficient (Wildman–Crippen LogP) is 3.75. The molecule has 1 aromatic rings. The molecule has 0 radical (unpaired) electrons. The van der Waals surface area contributed by atoms with Crippen molar-refractivity contribution in [2.45, 2.75) is 56.9 Å². The normalized spacial score (nSPS) is 30.1. The van der Waals surface area contributed by atoms with E-state index in [1.54, 1.807) is 0 Å². The van der Waals surface area contributed by atoms with E-state index in [9.17, 15) is 4.79 Å². The van der Waals surface area contributed by atoms with Gasteiger partial charge in [-0.1, -0.05) is 23.7 Å². The molecule has 1 aliphatic heterocycles. The van der Waals surface area contributed by atoms with Gasteiger partial charge in [-0.2, -0.15) is 0 Å². The molecule has 0 spiro atoms. The fraction of sp³-hybridized carbons (Fsp3) is 0.667. The van der Waals surface area contributed by atoms with Crippen molar-refractivity contribution in [1.82, 2.24) is 4.90 Å². The molecule has 1 saturated heterocycles. The summed E-state index contributed by atoms with van der Waals surface area (Å²) < 4.78 is 5.24. The zero-order valence-electron chi connectivity index (χ0n) is 15.8. The van der Waals surface area contributed by atoms with Gasteiger partial charge in [-0.15, -0.1) is 0 Å². The second-order valence-electron chi connectivity index (χ2n) is 7.81. The van der Waals surface area contributed by atoms with Gasteiger partial charge in [-0.3, -0.25) is 9.69 Å². The Balaban J connectivity index is 1.63. The number of carbonyl (C=O) groups excluding carboxylic acids is 1. The van der Waals surface area contributed by atoms with E-state index in [1.807, 2.05) is 19.1 Å². The smallest absolute Gasteiger partial charge is 0.310 e. The topological polar surface area (TPSA) is 55.6 Å². The molecule has 3 rings (SSSR count). The molecule has 2 N–H and O–H groups in total. The molecule has 1 unspecified atom stereocenters. The lowest BCUT2D eigenvalue weighted by Crippen LogP contribution is -2.49. The Labute approximate surface area is 162 Å². The number of carbonyl (C=O) groups is 1. The van der Waals surface area contributed by atoms with Crippen molar-refractivity contribution in [2.75, 3.05) is 26.2 Å². The first kappa shape index (κ1) is 19.7. The number of piperidine rings is 1. The van der Waals surface area contributed by atoms with Crippen LogP contribution in [-0.2, 0) is 14.9 Å². The van der Waals surface area contributed by atoms with E-state index in [-0.39, 0.29) is 17.3 Å². The van der Waals surface area contributed by atoms with Gasteiger partial charge < -0.3 is 10.5 Å². The molecule has 1 aromatic carbocycles. The highest BCUT2D eigenvalue weighted by Crippen LogP contribution is 2.41. The van der Waals surface area contributed by atoms with Crippen LogP contribution >= 0.6 is 11.6 Å². The first-order chi connectivity index (χ1) is 12.6. The van der Waals surface area contributed by atoms with Gasteiger partial charge in [0.15, 0.2) is 0 Å². The van der Waals surface area contributed by atoms with Crippen LogP contribution in [0.15, 0.2) is 24.3 Å². The molecule has 0 amide bonds. The minimum Gasteiger partial charge on any atom is -0.466 e. The quantitative estimate of drug-likeness (QED) is 0.792. The molecule has 0 bridgehead atoms. The van der Waals surface area contributed by atoms with Crippen LogP contribution in [0.25, 0.3) is 0 Å². The van der Waals surface area contributed by atoms with E-state index in [0.717, 1.165) is 56.6 Å². The Bertz CT molecular complexity index is 614. The van der Waals surface area contributed by atoms with E-state index < -0.39 is 0 Å². The Kier molecular flexibility index (Phi) is 6.60. The number of rotatable bonds is 5. The minimum absolute atomic E-state index is 0.0248. The van der Waals surface area contributed by atoms with Gasteiger partial charge in [0.2, 0.25) is 0 Å². The number of ether oxygens (including phenoxy) is 1. The predicted molar refractivity (Wildman–Crippen MR) is 105 cm³/mol. The molecular formula is C21H31ClN2O2. The van der Waals surface area contributed by atoms with E-state index >= 15 is 0 Å². The van der Waals surface area contributed by atoms with Gasteiger partial charge in [0.25, 0.3) is 0 Å². The van der Waals surface area contributed by atoms with E-state index in [1.165, 1.54) is 5.56 Å². The Morgan fingerprint density at radius 1 is 1.35 bits per heavy atom. The van der Waals surface area contributed by atoms with Crippen molar-refractivity contribution in [2.24, 2.45) is 11.7 Å². The molecule has 0 aromatic heterocycles. The summed E-state index contributed by atoms with van der Waals surface area (Å²) in [6.07, 6.45) is 6.44. The lowest BCUT2D eigenvalue weighted by atomic mass is 9.68. The lowest BCUT2D eigenvalue weighted by molar-refractivity contribution is -0.150. The van der Waals surface area contributed by atoms with E-state index in [4.69, 9.17) is 22.1 Å². The maximum absolute atomic E-state index is 12.1. The lowest BCUT2D eigenvalue weighted by Gasteiger charge is -2.45. The average molecular weight is 379 g/mol. The average Bonchev–Trinajstić information content (AvgIpc) is 2.68. The Morgan fingerprint density at radius 2 is 2.12 bits per heavy atom. The third-order valence-electron chi connectivity index (χ3n) is 6.33. The number of nitrogens with zero attached hydrogens (tertiary/aromatic N) is 1. The molecule has 2 fully saturated rings. The molecule has 1 atom stereocenters. The maximum Gasteiger partial charge on any atom is 0.310 e. The Morgan fingerprint density at radius 3 is 2.77 bits per heavy atom. The Hall–Kier alpha value is -1.10. The zero-order chi connectivity index (χ0) is 18.6. The number of hydrogen-bond donors (Lipinski definition) is 1. The van der Waals surface area contributed by atoms with Crippen LogP contribution in [0.2, 0.25) is 5.02 Å². The number of hydrogen-bond acceptors (Lipinski definition) is 4. The van der Waals surface area contributed by atoms with Crippen molar-refractivity contribution in [3.63, 3.8) is 0 Å². The third-order valence-corrected chi connectivity index (χ3v) is 6.56. The van der Waals surface area contributed by atoms with Crippen LogP contribution in [0, 0.1) is 5.92 Å². The third kappa shape index (κ3) is 4.24. The first-order valence-electron chi connectivity index (χ1n) is 9.95. The van der Waals surface area contributed by atoms with Crippen molar-refractivity contribution < 1.29 is 9.53 Å². The van der Waals surface area contributed by atoms with Crippen molar-refractivity contribution >= 4 is 17.6 Å². The summed E-state index contributed by atoms with van der Waals surface area (Å²) in [6.45, 7) is 4.94. The van der Waals surface area contributed by atoms with Gasteiger partial charge in [-0.05, 0) is 69.7 Å². The molecule has 1 saturated carbocycles. The second kappa shape index (κ2) is 8.73. The fourth-order valence-corrected chi connectivity index (χ4v) is 4.93. The minimum atomic E-state index is -0.0248. The van der Waals surface area contributed by atoms with Crippen molar-refractivity contribution in [3.05, 3.63) is 34.9 Å². The van der Waals surface area contributed by atoms with Gasteiger partial charge in [0.05, 0.1) is 12.5 Å². The van der Waals surface area contributed by atoms with Crippen LogP contribution in [0.1, 0.15) is 51.0 Å². The van der Waals surface area contributed by atoms with Crippen LogP contribution in [0.5, 0.6) is 0 Å². The van der Waals surface area contributed by atoms with Gasteiger partial charge in [-0.25, -0.2) is 0 Å². The largest absolute Gasteiger partial charge is 0.466 e. The summed E-state index contributed by atoms with van der Waals surface area (Å²) in [5.41, 5.74) is 7.53. The highest BCUT2D eigenvalue weighted by atomic mass is 35.5. The molecular weight excluding hydrogens is 348 g/mol. The molecule has 1 heterocycles. The number of halogens is 1. The monoisotopic (exact) mass is 378 g/mol. The number of benzene rings is 1. The molecule has 1 aliphatic carbocycles. The molecule has 26 heavy (non-hydrogen) atoms. The molecule has 144 valence electrons. The van der Waals surface area contributed by atoms with Crippen LogP contribution in [0.3, 0.4) is 0 Å². The second-order valence-corrected chi connectivity index (χ2v) is 8.25.